The number of hydrogen-bond donors (Lipinski definition) is 1. The summed E-state index contributed by atoms with van der Waals surface area (Å²) < 4.78 is 11.5. The lowest BCUT2D eigenvalue weighted by Crippen LogP contribution is -2.35. The summed E-state index contributed by atoms with van der Waals surface area (Å²) >= 11 is 1.16. The maximum Gasteiger partial charge on any atom is 0.283 e. The summed E-state index contributed by atoms with van der Waals surface area (Å²) in [4.78, 5) is 31.2. The molecule has 2 aromatic carbocycles. The fraction of sp³-hybridized carbons (Fsp3) is 0.296. The molecule has 0 aliphatic carbocycles. The molecule has 0 saturated carbocycles. The highest BCUT2D eigenvalue weighted by Crippen LogP contribution is 2.32. The minimum absolute atomic E-state index is 0.00891. The van der Waals surface area contributed by atoms with Crippen LogP contribution in [0.5, 0.6) is 11.5 Å². The summed E-state index contributed by atoms with van der Waals surface area (Å²) in [6, 6.07) is 13.4. The standard InChI is InChI=1S/C27H27N5O4S/c1-17-6-5-7-19(12-17)16-36-21-9-8-18(14-22(21)35-2)13-20-25(28)32-27(29-26(20)34)37-23(30-32)15-24(33)31-10-3-4-11-31/h5-9,12-14,28H,3-4,10-11,15-16H2,1-2H3. The van der Waals surface area contributed by atoms with E-state index in [-0.39, 0.29) is 23.7 Å². The number of nitrogens with zero attached hydrogens (tertiary/aromatic N) is 4. The van der Waals surface area contributed by atoms with Gasteiger partial charge in [-0.25, -0.2) is 0 Å². The van der Waals surface area contributed by atoms with Crippen molar-refractivity contribution in [3.8, 4) is 11.5 Å². The Balaban J connectivity index is 1.31. The van der Waals surface area contributed by atoms with Gasteiger partial charge < -0.3 is 14.4 Å². The van der Waals surface area contributed by atoms with Crippen LogP contribution in [0.25, 0.3) is 6.08 Å². The molecule has 9 nitrogen and oxygen atoms in total. The van der Waals surface area contributed by atoms with Crippen molar-refractivity contribution in [3.05, 3.63) is 64.7 Å². The van der Waals surface area contributed by atoms with Gasteiger partial charge in [0.05, 0.1) is 19.1 Å². The molecule has 5 rings (SSSR count). The second kappa shape index (κ2) is 10.6. The molecular weight excluding hydrogens is 490 g/mol. The van der Waals surface area contributed by atoms with Crippen LogP contribution in [-0.2, 0) is 16.2 Å². The third-order valence-electron chi connectivity index (χ3n) is 6.23. The Labute approximate surface area is 219 Å². The number of fused-ring (bicyclic) bond motifs is 1. The molecule has 0 aromatic heterocycles. The van der Waals surface area contributed by atoms with E-state index in [4.69, 9.17) is 14.9 Å². The van der Waals surface area contributed by atoms with Crippen LogP contribution in [0.2, 0.25) is 0 Å². The van der Waals surface area contributed by atoms with Crippen LogP contribution in [0.4, 0.5) is 0 Å². The number of rotatable bonds is 7. The Bertz CT molecular complexity index is 1360. The molecule has 0 spiro atoms. The van der Waals surface area contributed by atoms with Crippen molar-refractivity contribution in [1.82, 2.24) is 9.91 Å². The molecule has 10 heteroatoms. The van der Waals surface area contributed by atoms with Crippen molar-refractivity contribution in [2.75, 3.05) is 20.2 Å². The molecule has 1 fully saturated rings. The second-order valence-corrected chi connectivity index (χ2v) is 10.0. The van der Waals surface area contributed by atoms with Gasteiger partial charge in [0.25, 0.3) is 5.91 Å². The number of aryl methyl sites for hydroxylation is 1. The average molecular weight is 518 g/mol. The molecule has 1 saturated heterocycles. The number of hydrogen-bond acceptors (Lipinski definition) is 7. The summed E-state index contributed by atoms with van der Waals surface area (Å²) in [6.07, 6.45) is 3.76. The van der Waals surface area contributed by atoms with E-state index in [1.807, 2.05) is 30.0 Å². The first kappa shape index (κ1) is 24.8. The SMILES string of the molecule is COc1cc(C=C2C(=N)N3N=C(CC(=O)N4CCCC4)SC3=NC2=O)ccc1OCc1cccc(C)c1. The van der Waals surface area contributed by atoms with E-state index in [1.165, 1.54) is 5.01 Å². The Morgan fingerprint density at radius 2 is 1.97 bits per heavy atom. The highest BCUT2D eigenvalue weighted by Gasteiger charge is 2.36. The van der Waals surface area contributed by atoms with Crippen LogP contribution < -0.4 is 9.47 Å². The third kappa shape index (κ3) is 5.43. The van der Waals surface area contributed by atoms with Gasteiger partial charge in [-0.1, -0.05) is 35.9 Å². The lowest BCUT2D eigenvalue weighted by molar-refractivity contribution is -0.128. The monoisotopic (exact) mass is 517 g/mol. The summed E-state index contributed by atoms with van der Waals surface area (Å²) in [5, 5.41) is 15.2. The lowest BCUT2D eigenvalue weighted by Gasteiger charge is -2.20. The first-order valence-corrected chi connectivity index (χ1v) is 12.9. The smallest absolute Gasteiger partial charge is 0.283 e. The van der Waals surface area contributed by atoms with Crippen molar-refractivity contribution >= 4 is 45.7 Å². The molecular formula is C27H27N5O4S. The number of ether oxygens (including phenoxy) is 2. The Morgan fingerprint density at radius 3 is 2.73 bits per heavy atom. The number of amidine groups is 2. The van der Waals surface area contributed by atoms with E-state index in [9.17, 15) is 9.59 Å². The number of benzene rings is 2. The summed E-state index contributed by atoms with van der Waals surface area (Å²) in [5.41, 5.74) is 2.97. The molecule has 37 heavy (non-hydrogen) atoms. The van der Waals surface area contributed by atoms with E-state index < -0.39 is 5.91 Å². The number of aliphatic imine (C=N–C) groups is 1. The van der Waals surface area contributed by atoms with Crippen molar-refractivity contribution in [2.45, 2.75) is 32.8 Å². The van der Waals surface area contributed by atoms with Gasteiger partial charge in [-0.2, -0.15) is 15.1 Å². The summed E-state index contributed by atoms with van der Waals surface area (Å²) in [6.45, 7) is 3.96. The normalized spacial score (nSPS) is 18.2. The van der Waals surface area contributed by atoms with E-state index in [0.717, 1.165) is 48.8 Å². The molecule has 0 radical (unpaired) electrons. The second-order valence-electron chi connectivity index (χ2n) is 8.97. The van der Waals surface area contributed by atoms with Gasteiger partial charge in [0.15, 0.2) is 17.3 Å². The summed E-state index contributed by atoms with van der Waals surface area (Å²) in [5.74, 6) is 0.493. The first-order valence-electron chi connectivity index (χ1n) is 12.0. The predicted molar refractivity (Wildman–Crippen MR) is 144 cm³/mol. The van der Waals surface area contributed by atoms with Gasteiger partial charge in [0.2, 0.25) is 11.1 Å². The number of carbonyl (C=O) groups is 2. The van der Waals surface area contributed by atoms with Gasteiger partial charge in [-0.3, -0.25) is 15.0 Å². The van der Waals surface area contributed by atoms with Crippen LogP contribution in [0, 0.1) is 12.3 Å². The quantitative estimate of drug-likeness (QED) is 0.551. The minimum atomic E-state index is -0.523. The predicted octanol–water partition coefficient (Wildman–Crippen LogP) is 4.21. The zero-order chi connectivity index (χ0) is 25.9. The molecule has 0 unspecified atom stereocenters. The number of thioether (sulfide) groups is 1. The fourth-order valence-corrected chi connectivity index (χ4v) is 5.21. The minimum Gasteiger partial charge on any atom is -0.493 e. The Morgan fingerprint density at radius 1 is 1.16 bits per heavy atom. The van der Waals surface area contributed by atoms with Gasteiger partial charge in [0.1, 0.15) is 11.7 Å². The number of methoxy groups -OCH3 is 1. The molecule has 2 amide bonds. The fourth-order valence-electron chi connectivity index (χ4n) is 4.33. The summed E-state index contributed by atoms with van der Waals surface area (Å²) in [7, 11) is 1.55. The molecule has 190 valence electrons. The first-order chi connectivity index (χ1) is 17.9. The Hall–Kier alpha value is -3.92. The number of amides is 2. The van der Waals surface area contributed by atoms with E-state index in [2.05, 4.69) is 16.2 Å². The van der Waals surface area contributed by atoms with E-state index in [1.54, 1.807) is 31.4 Å². The Kier molecular flexibility index (Phi) is 7.09. The molecule has 3 heterocycles. The van der Waals surface area contributed by atoms with Gasteiger partial charge in [-0.15, -0.1) is 0 Å². The van der Waals surface area contributed by atoms with Gasteiger partial charge >= 0.3 is 0 Å². The van der Waals surface area contributed by atoms with Gasteiger partial charge in [0, 0.05) is 13.1 Å². The maximum absolute atomic E-state index is 12.8. The van der Waals surface area contributed by atoms with Crippen molar-refractivity contribution in [3.63, 3.8) is 0 Å². The molecule has 3 aliphatic rings. The van der Waals surface area contributed by atoms with Crippen LogP contribution in [-0.4, -0.2) is 58.0 Å². The van der Waals surface area contributed by atoms with Crippen molar-refractivity contribution < 1.29 is 19.1 Å². The van der Waals surface area contributed by atoms with Crippen LogP contribution in [0.3, 0.4) is 0 Å². The highest BCUT2D eigenvalue weighted by atomic mass is 32.2. The van der Waals surface area contributed by atoms with Gasteiger partial charge in [-0.05, 0) is 60.9 Å². The van der Waals surface area contributed by atoms with Crippen LogP contribution in [0.15, 0.2) is 58.1 Å². The molecule has 2 aromatic rings. The molecule has 1 N–H and O–H groups in total. The topological polar surface area (TPSA) is 108 Å². The van der Waals surface area contributed by atoms with Crippen molar-refractivity contribution in [2.24, 2.45) is 10.1 Å². The number of nitrogens with one attached hydrogen (secondary N) is 1. The van der Waals surface area contributed by atoms with E-state index >= 15 is 0 Å². The number of carbonyl (C=O) groups excluding carboxylic acids is 2. The maximum atomic E-state index is 12.8. The molecule has 3 aliphatic heterocycles. The van der Waals surface area contributed by atoms with Crippen LogP contribution >= 0.6 is 11.8 Å². The largest absolute Gasteiger partial charge is 0.493 e. The number of hydrazone groups is 1. The zero-order valence-electron chi connectivity index (χ0n) is 20.7. The zero-order valence-corrected chi connectivity index (χ0v) is 21.5. The average Bonchev–Trinajstić information content (AvgIpc) is 3.56. The lowest BCUT2D eigenvalue weighted by atomic mass is 10.1. The third-order valence-corrected chi connectivity index (χ3v) is 7.14. The number of likely N-dealkylation sites (tertiary alicyclic amines) is 1. The molecule has 0 bridgehead atoms. The molecule has 0 atom stereocenters. The van der Waals surface area contributed by atoms with E-state index in [0.29, 0.717) is 33.9 Å². The highest BCUT2D eigenvalue weighted by molar-refractivity contribution is 8.27. The van der Waals surface area contributed by atoms with Crippen LogP contribution in [0.1, 0.15) is 36.0 Å². The van der Waals surface area contributed by atoms with Crippen molar-refractivity contribution in [1.29, 1.82) is 5.41 Å².